The van der Waals surface area contributed by atoms with Crippen molar-refractivity contribution in [1.82, 2.24) is 14.5 Å². The van der Waals surface area contributed by atoms with Gasteiger partial charge in [-0.25, -0.2) is 4.98 Å². The molecule has 0 bridgehead atoms. The van der Waals surface area contributed by atoms with Crippen LogP contribution in [0.4, 0.5) is 0 Å². The van der Waals surface area contributed by atoms with E-state index in [9.17, 15) is 14.4 Å². The van der Waals surface area contributed by atoms with Crippen LogP contribution >= 0.6 is 11.8 Å². The van der Waals surface area contributed by atoms with Crippen molar-refractivity contribution in [3.63, 3.8) is 0 Å². The summed E-state index contributed by atoms with van der Waals surface area (Å²) >= 11 is 1.51. The van der Waals surface area contributed by atoms with Gasteiger partial charge in [0, 0.05) is 31.6 Å². The molecule has 0 spiro atoms. The number of amides is 1. The van der Waals surface area contributed by atoms with Gasteiger partial charge in [0.2, 0.25) is 0 Å². The van der Waals surface area contributed by atoms with Gasteiger partial charge in [-0.05, 0) is 19.8 Å². The van der Waals surface area contributed by atoms with E-state index in [1.165, 1.54) is 18.0 Å². The molecule has 1 fully saturated rings. The van der Waals surface area contributed by atoms with E-state index in [0.29, 0.717) is 37.8 Å². The number of rotatable bonds is 3. The van der Waals surface area contributed by atoms with E-state index in [1.54, 1.807) is 16.4 Å². The Kier molecular flexibility index (Phi) is 4.70. The molecule has 1 aromatic rings. The Morgan fingerprint density at radius 1 is 1.43 bits per heavy atom. The summed E-state index contributed by atoms with van der Waals surface area (Å²) in [5.74, 6) is -0.128. The second-order valence-corrected chi connectivity index (χ2v) is 6.66. The maximum atomic E-state index is 12.7. The van der Waals surface area contributed by atoms with Gasteiger partial charge in [-0.2, -0.15) is 0 Å². The molecule has 7 nitrogen and oxygen atoms in total. The molecule has 23 heavy (non-hydrogen) atoms. The van der Waals surface area contributed by atoms with Crippen LogP contribution in [0.25, 0.3) is 0 Å². The Labute approximate surface area is 138 Å². The zero-order valence-corrected chi connectivity index (χ0v) is 13.8. The quantitative estimate of drug-likeness (QED) is 0.598. The molecule has 1 atom stereocenters. The maximum absolute atomic E-state index is 12.7. The largest absolute Gasteiger partial charge is 0.466 e. The van der Waals surface area contributed by atoms with Gasteiger partial charge >= 0.3 is 5.97 Å². The van der Waals surface area contributed by atoms with Crippen LogP contribution in [-0.4, -0.2) is 51.8 Å². The lowest BCUT2D eigenvalue weighted by molar-refractivity contribution is -0.149. The zero-order valence-electron chi connectivity index (χ0n) is 13.0. The van der Waals surface area contributed by atoms with E-state index in [0.717, 1.165) is 12.2 Å². The lowest BCUT2D eigenvalue weighted by Crippen LogP contribution is -2.44. The van der Waals surface area contributed by atoms with Gasteiger partial charge in [-0.15, -0.1) is 0 Å². The van der Waals surface area contributed by atoms with Crippen molar-refractivity contribution in [3.8, 4) is 0 Å². The van der Waals surface area contributed by atoms with Crippen LogP contribution in [-0.2, 0) is 16.1 Å². The van der Waals surface area contributed by atoms with Gasteiger partial charge in [0.1, 0.15) is 5.56 Å². The number of thioether (sulfide) groups is 1. The second kappa shape index (κ2) is 6.74. The molecule has 0 radical (unpaired) electrons. The predicted octanol–water partition coefficient (Wildman–Crippen LogP) is 0.764. The van der Waals surface area contributed by atoms with Crippen LogP contribution in [0.15, 0.2) is 16.1 Å². The minimum absolute atomic E-state index is 0.0840. The van der Waals surface area contributed by atoms with E-state index >= 15 is 0 Å². The van der Waals surface area contributed by atoms with Crippen LogP contribution in [0.3, 0.4) is 0 Å². The van der Waals surface area contributed by atoms with Crippen molar-refractivity contribution in [1.29, 1.82) is 0 Å². The number of nitrogens with zero attached hydrogens (tertiary/aromatic N) is 3. The molecular weight excluding hydrogens is 318 g/mol. The average Bonchev–Trinajstić information content (AvgIpc) is 3.04. The van der Waals surface area contributed by atoms with Crippen molar-refractivity contribution >= 4 is 23.6 Å². The summed E-state index contributed by atoms with van der Waals surface area (Å²) in [6.07, 6.45) is 2.80. The molecule has 1 amide bonds. The highest BCUT2D eigenvalue weighted by molar-refractivity contribution is 7.99. The molecule has 0 aliphatic carbocycles. The number of piperidine rings is 1. The standard InChI is InChI=1S/C15H19N3O4S/c1-2-22-14(21)10-4-3-5-17(9-10)12(19)11-8-16-15-18(13(11)20)6-7-23-15/h8,10H,2-7,9H2,1H3/t10-/m0/s1. The SMILES string of the molecule is CCOC(=O)[C@H]1CCCN(C(=O)c2cnc3n(c2=O)CCS3)C1. The fourth-order valence-electron chi connectivity index (χ4n) is 2.95. The third kappa shape index (κ3) is 3.12. The first-order chi connectivity index (χ1) is 11.1. The molecule has 0 N–H and O–H groups in total. The molecule has 2 aliphatic heterocycles. The molecule has 1 aromatic heterocycles. The lowest BCUT2D eigenvalue weighted by Gasteiger charge is -2.31. The third-order valence-corrected chi connectivity index (χ3v) is 5.09. The van der Waals surface area contributed by atoms with Gasteiger partial charge in [-0.3, -0.25) is 19.0 Å². The Hall–Kier alpha value is -1.83. The summed E-state index contributed by atoms with van der Waals surface area (Å²) < 4.78 is 6.59. The summed E-state index contributed by atoms with van der Waals surface area (Å²) in [6, 6.07) is 0. The van der Waals surface area contributed by atoms with Crippen LogP contribution < -0.4 is 5.56 Å². The van der Waals surface area contributed by atoms with Gasteiger partial charge in [0.15, 0.2) is 5.16 Å². The fourth-order valence-corrected chi connectivity index (χ4v) is 3.86. The molecule has 1 saturated heterocycles. The Bertz CT molecular complexity index is 688. The average molecular weight is 337 g/mol. The van der Waals surface area contributed by atoms with Crippen molar-refractivity contribution < 1.29 is 14.3 Å². The van der Waals surface area contributed by atoms with E-state index in [-0.39, 0.29) is 28.9 Å². The molecule has 0 aromatic carbocycles. The highest BCUT2D eigenvalue weighted by Gasteiger charge is 2.31. The normalized spacial score (nSPS) is 20.2. The minimum atomic E-state index is -0.344. The van der Waals surface area contributed by atoms with Gasteiger partial charge in [0.05, 0.1) is 12.5 Å². The van der Waals surface area contributed by atoms with E-state index < -0.39 is 0 Å². The van der Waals surface area contributed by atoms with Crippen molar-refractivity contribution in [2.24, 2.45) is 5.92 Å². The summed E-state index contributed by atoms with van der Waals surface area (Å²) in [4.78, 5) is 42.7. The number of fused-ring (bicyclic) bond motifs is 1. The number of esters is 1. The van der Waals surface area contributed by atoms with E-state index in [4.69, 9.17) is 4.74 Å². The molecule has 0 unspecified atom stereocenters. The Balaban J connectivity index is 1.78. The van der Waals surface area contributed by atoms with Crippen LogP contribution in [0.2, 0.25) is 0 Å². The fraction of sp³-hybridized carbons (Fsp3) is 0.600. The molecule has 0 saturated carbocycles. The smallest absolute Gasteiger partial charge is 0.310 e. The zero-order chi connectivity index (χ0) is 16.4. The highest BCUT2D eigenvalue weighted by Crippen LogP contribution is 2.22. The summed E-state index contributed by atoms with van der Waals surface area (Å²) in [7, 11) is 0. The molecular formula is C15H19N3O4S. The summed E-state index contributed by atoms with van der Waals surface area (Å²) in [5, 5.41) is 0.662. The number of ether oxygens (including phenoxy) is 1. The monoisotopic (exact) mass is 337 g/mol. The molecule has 2 aliphatic rings. The van der Waals surface area contributed by atoms with E-state index in [1.807, 2.05) is 0 Å². The third-order valence-electron chi connectivity index (χ3n) is 4.12. The van der Waals surface area contributed by atoms with Gasteiger partial charge in [-0.1, -0.05) is 11.8 Å². The minimum Gasteiger partial charge on any atom is -0.466 e. The Morgan fingerprint density at radius 3 is 3.04 bits per heavy atom. The number of aromatic nitrogens is 2. The van der Waals surface area contributed by atoms with Crippen molar-refractivity contribution in [3.05, 3.63) is 22.1 Å². The lowest BCUT2D eigenvalue weighted by atomic mass is 9.97. The molecule has 3 rings (SSSR count). The van der Waals surface area contributed by atoms with Crippen molar-refractivity contribution in [2.75, 3.05) is 25.4 Å². The topological polar surface area (TPSA) is 81.5 Å². The number of hydrogen-bond donors (Lipinski definition) is 0. The number of likely N-dealkylation sites (tertiary alicyclic amines) is 1. The van der Waals surface area contributed by atoms with Gasteiger partial charge < -0.3 is 9.64 Å². The summed E-state index contributed by atoms with van der Waals surface area (Å²) in [6.45, 7) is 3.52. The first kappa shape index (κ1) is 16.0. The Morgan fingerprint density at radius 2 is 2.26 bits per heavy atom. The van der Waals surface area contributed by atoms with Crippen molar-refractivity contribution in [2.45, 2.75) is 31.5 Å². The first-order valence-electron chi connectivity index (χ1n) is 7.80. The predicted molar refractivity (Wildman–Crippen MR) is 84.5 cm³/mol. The maximum Gasteiger partial charge on any atom is 0.310 e. The van der Waals surface area contributed by atoms with E-state index in [2.05, 4.69) is 4.98 Å². The number of carbonyl (C=O) groups is 2. The molecule has 8 heteroatoms. The number of carbonyl (C=O) groups excluding carboxylic acids is 2. The molecule has 3 heterocycles. The van der Waals surface area contributed by atoms with Crippen LogP contribution in [0, 0.1) is 5.92 Å². The first-order valence-corrected chi connectivity index (χ1v) is 8.79. The van der Waals surface area contributed by atoms with Crippen LogP contribution in [0.5, 0.6) is 0 Å². The van der Waals surface area contributed by atoms with Crippen LogP contribution in [0.1, 0.15) is 30.1 Å². The highest BCUT2D eigenvalue weighted by atomic mass is 32.2. The number of hydrogen-bond acceptors (Lipinski definition) is 6. The molecule has 124 valence electrons. The summed E-state index contributed by atoms with van der Waals surface area (Å²) in [5.41, 5.74) is -0.205. The van der Waals surface area contributed by atoms with Gasteiger partial charge in [0.25, 0.3) is 11.5 Å². The second-order valence-electron chi connectivity index (χ2n) is 5.60.